The van der Waals surface area contributed by atoms with Gasteiger partial charge in [0.25, 0.3) is 0 Å². The summed E-state index contributed by atoms with van der Waals surface area (Å²) in [6.45, 7) is 14.8. The van der Waals surface area contributed by atoms with Crippen molar-refractivity contribution in [2.75, 3.05) is 27.4 Å². The van der Waals surface area contributed by atoms with E-state index in [4.69, 9.17) is 31.2 Å². The molecule has 36 heavy (non-hydrogen) atoms. The van der Waals surface area contributed by atoms with Crippen LogP contribution in [-0.4, -0.2) is 72.8 Å². The van der Waals surface area contributed by atoms with Crippen molar-refractivity contribution >= 4 is 52.5 Å². The smallest absolute Gasteiger partial charge is 0.407 e. The maximum absolute atomic E-state index is 13.2. The van der Waals surface area contributed by atoms with E-state index in [1.807, 2.05) is 20.8 Å². The van der Waals surface area contributed by atoms with Crippen molar-refractivity contribution in [2.45, 2.75) is 78.7 Å². The summed E-state index contributed by atoms with van der Waals surface area (Å²) in [6.07, 6.45) is 0.523. The number of rotatable bonds is 11. The van der Waals surface area contributed by atoms with Crippen molar-refractivity contribution in [1.82, 2.24) is 5.32 Å². The molecular formula is C24H40N2O8S2. The molecule has 0 aromatic rings. The highest BCUT2D eigenvalue weighted by Crippen LogP contribution is 2.40. The lowest BCUT2D eigenvalue weighted by Gasteiger charge is -2.37. The highest BCUT2D eigenvalue weighted by molar-refractivity contribution is 8.23. The van der Waals surface area contributed by atoms with Crippen LogP contribution in [0.25, 0.3) is 0 Å². The van der Waals surface area contributed by atoms with E-state index in [9.17, 15) is 19.2 Å². The van der Waals surface area contributed by atoms with Crippen LogP contribution in [0.1, 0.15) is 61.8 Å². The molecule has 0 heterocycles. The van der Waals surface area contributed by atoms with Crippen molar-refractivity contribution in [1.29, 1.82) is 0 Å². The SMILES string of the molecule is COC(=O)C(CC(CNC(=O)OC(C)(C)C)SC(=S)OCC(C)(C)C)(C(=O)OC)C(N=C=O)C(C)C. The van der Waals surface area contributed by atoms with Crippen LogP contribution in [0.2, 0.25) is 0 Å². The first-order valence-corrected chi connectivity index (χ1v) is 12.8. The number of esters is 2. The zero-order valence-corrected chi connectivity index (χ0v) is 24.5. The van der Waals surface area contributed by atoms with E-state index in [1.54, 1.807) is 34.6 Å². The summed E-state index contributed by atoms with van der Waals surface area (Å²) < 4.78 is 21.1. The van der Waals surface area contributed by atoms with Crippen molar-refractivity contribution < 1.29 is 38.1 Å². The van der Waals surface area contributed by atoms with E-state index in [0.29, 0.717) is 6.61 Å². The third-order valence-electron chi connectivity index (χ3n) is 4.74. The molecule has 0 bridgehead atoms. The van der Waals surface area contributed by atoms with Gasteiger partial charge in [-0.15, -0.1) is 0 Å². The van der Waals surface area contributed by atoms with E-state index in [-0.39, 0.29) is 22.8 Å². The molecule has 0 aromatic heterocycles. The van der Waals surface area contributed by atoms with Crippen LogP contribution in [0.5, 0.6) is 0 Å². The molecule has 0 saturated heterocycles. The number of carbonyl (C=O) groups excluding carboxylic acids is 4. The Bertz CT molecular complexity index is 811. The third-order valence-corrected chi connectivity index (χ3v) is 6.12. The van der Waals surface area contributed by atoms with E-state index in [0.717, 1.165) is 26.0 Å². The van der Waals surface area contributed by atoms with Gasteiger partial charge in [0.2, 0.25) is 10.5 Å². The van der Waals surface area contributed by atoms with Gasteiger partial charge in [-0.25, -0.2) is 14.6 Å². The normalized spacial score (nSPS) is 13.6. The van der Waals surface area contributed by atoms with Crippen LogP contribution in [-0.2, 0) is 33.3 Å². The summed E-state index contributed by atoms with van der Waals surface area (Å²) >= 11 is 6.45. The molecule has 0 fully saturated rings. The molecule has 0 saturated carbocycles. The van der Waals surface area contributed by atoms with Gasteiger partial charge < -0.3 is 24.3 Å². The summed E-state index contributed by atoms with van der Waals surface area (Å²) in [6, 6.07) is -1.15. The van der Waals surface area contributed by atoms with Crippen LogP contribution < -0.4 is 5.32 Å². The van der Waals surface area contributed by atoms with Gasteiger partial charge in [-0.3, -0.25) is 9.59 Å². The van der Waals surface area contributed by atoms with Gasteiger partial charge in [0.15, 0.2) is 5.41 Å². The van der Waals surface area contributed by atoms with Gasteiger partial charge in [0, 0.05) is 11.8 Å². The molecule has 12 heteroatoms. The van der Waals surface area contributed by atoms with Crippen LogP contribution in [0, 0.1) is 16.7 Å². The molecule has 1 amide bonds. The topological polar surface area (TPSA) is 130 Å². The van der Waals surface area contributed by atoms with Crippen LogP contribution in [0.4, 0.5) is 4.79 Å². The molecule has 206 valence electrons. The second-order valence-corrected chi connectivity index (χ2v) is 12.7. The number of hydrogen-bond donors (Lipinski definition) is 1. The summed E-state index contributed by atoms with van der Waals surface area (Å²) in [7, 11) is 2.25. The van der Waals surface area contributed by atoms with Crippen molar-refractivity contribution in [3.8, 4) is 0 Å². The molecule has 0 aliphatic rings. The van der Waals surface area contributed by atoms with Crippen LogP contribution in [0.15, 0.2) is 4.99 Å². The summed E-state index contributed by atoms with van der Waals surface area (Å²) in [5, 5.41) is 1.96. The van der Waals surface area contributed by atoms with Crippen molar-refractivity contribution in [3.05, 3.63) is 0 Å². The lowest BCUT2D eigenvalue weighted by atomic mass is 9.72. The Morgan fingerprint density at radius 2 is 1.56 bits per heavy atom. The molecule has 2 atom stereocenters. The molecule has 0 rings (SSSR count). The number of ether oxygens (including phenoxy) is 4. The fourth-order valence-electron chi connectivity index (χ4n) is 3.33. The van der Waals surface area contributed by atoms with Gasteiger partial charge in [-0.1, -0.05) is 46.4 Å². The summed E-state index contributed by atoms with van der Waals surface area (Å²) in [5.41, 5.74) is -2.92. The Balaban J connectivity index is 6.39. The monoisotopic (exact) mass is 548 g/mol. The fraction of sp³-hybridized carbons (Fsp3) is 0.792. The number of aliphatic imine (C=N–C) groups is 1. The third kappa shape index (κ3) is 11.3. The lowest BCUT2D eigenvalue weighted by Crippen LogP contribution is -2.54. The number of methoxy groups -OCH3 is 2. The quantitative estimate of drug-likeness (QED) is 0.101. The average molecular weight is 549 g/mol. The number of thiocarbonyl (C=S) groups is 1. The summed E-state index contributed by atoms with van der Waals surface area (Å²) in [5.74, 6) is -2.31. The lowest BCUT2D eigenvalue weighted by molar-refractivity contribution is -0.172. The molecule has 2 unspecified atom stereocenters. The zero-order chi connectivity index (χ0) is 28.3. The minimum Gasteiger partial charge on any atom is -0.478 e. The highest BCUT2D eigenvalue weighted by atomic mass is 32.2. The number of alkyl carbamates (subject to hydrolysis) is 1. The van der Waals surface area contributed by atoms with Crippen LogP contribution >= 0.6 is 24.0 Å². The molecule has 1 N–H and O–H groups in total. The predicted octanol–water partition coefficient (Wildman–Crippen LogP) is 4.04. The molecule has 0 radical (unpaired) electrons. The first-order chi connectivity index (χ1) is 16.4. The molecule has 10 nitrogen and oxygen atoms in total. The number of carbonyl (C=O) groups is 3. The van der Waals surface area contributed by atoms with E-state index < -0.39 is 46.3 Å². The highest BCUT2D eigenvalue weighted by Gasteiger charge is 2.57. The first kappa shape index (κ1) is 33.8. The predicted molar refractivity (Wildman–Crippen MR) is 141 cm³/mol. The van der Waals surface area contributed by atoms with E-state index in [2.05, 4.69) is 10.3 Å². The molecule has 0 spiro atoms. The summed E-state index contributed by atoms with van der Waals surface area (Å²) in [4.78, 5) is 53.7. The van der Waals surface area contributed by atoms with Crippen molar-refractivity contribution in [2.24, 2.45) is 21.7 Å². The number of amides is 1. The number of isocyanates is 1. The fourth-order valence-corrected chi connectivity index (χ4v) is 4.71. The Kier molecular flexibility index (Phi) is 13.7. The number of thioether (sulfide) groups is 1. The molecule has 0 aliphatic heterocycles. The Hall–Kier alpha value is -2.17. The average Bonchev–Trinajstić information content (AvgIpc) is 2.75. The van der Waals surface area contributed by atoms with E-state index in [1.165, 1.54) is 6.08 Å². The van der Waals surface area contributed by atoms with Gasteiger partial charge in [-0.2, -0.15) is 0 Å². The number of nitrogens with one attached hydrogen (secondary N) is 1. The molecule has 0 aliphatic carbocycles. The minimum absolute atomic E-state index is 0.0516. The standard InChI is InChI=1S/C24H40N2O8S2/c1-15(2)17(26-14-27)24(18(28)31-9,19(29)32-10)11-16(12-25-20(30)34-23(6,7)8)36-21(35)33-13-22(3,4)5/h15-17H,11-13H2,1-10H3,(H,25,30). The first-order valence-electron chi connectivity index (χ1n) is 11.5. The molecule has 0 aromatic carbocycles. The van der Waals surface area contributed by atoms with Crippen molar-refractivity contribution in [3.63, 3.8) is 0 Å². The zero-order valence-electron chi connectivity index (χ0n) is 22.9. The second-order valence-electron chi connectivity index (χ2n) is 10.8. The van der Waals surface area contributed by atoms with Gasteiger partial charge in [0.05, 0.1) is 26.9 Å². The van der Waals surface area contributed by atoms with E-state index >= 15 is 0 Å². The largest absolute Gasteiger partial charge is 0.478 e. The van der Waals surface area contributed by atoms with Gasteiger partial charge >= 0.3 is 18.0 Å². The Labute approximate surface area is 223 Å². The maximum atomic E-state index is 13.2. The minimum atomic E-state index is -2.01. The van der Waals surface area contributed by atoms with Crippen LogP contribution in [0.3, 0.4) is 0 Å². The second kappa shape index (κ2) is 14.5. The maximum Gasteiger partial charge on any atom is 0.407 e. The Morgan fingerprint density at radius 3 is 1.94 bits per heavy atom. The Morgan fingerprint density at radius 1 is 1.03 bits per heavy atom. The number of nitrogens with zero attached hydrogens (tertiary/aromatic N) is 1. The van der Waals surface area contributed by atoms with Gasteiger partial charge in [-0.05, 0) is 50.7 Å². The number of hydrogen-bond acceptors (Lipinski definition) is 11. The molecular weight excluding hydrogens is 508 g/mol. The van der Waals surface area contributed by atoms with Gasteiger partial charge in [0.1, 0.15) is 5.60 Å².